The number of nitrogens with zero attached hydrogens (tertiary/aromatic N) is 1. The highest BCUT2D eigenvalue weighted by atomic mass is 16.5. The van der Waals surface area contributed by atoms with Gasteiger partial charge in [0, 0.05) is 25.2 Å². The Labute approximate surface area is 156 Å². The van der Waals surface area contributed by atoms with Crippen molar-refractivity contribution in [2.24, 2.45) is 0 Å². The standard InChI is InChI=1S/C21H29NO4/c1-5-14-22(15-6-2)19-13-12-18(21(24)26-8-4)16-17(19)10-9-11-20(23)25-7-3/h5-6,12-13,16H,1-2,7-11,14-15H2,3-4H3. The van der Waals surface area contributed by atoms with E-state index in [2.05, 4.69) is 18.1 Å². The van der Waals surface area contributed by atoms with Gasteiger partial charge < -0.3 is 14.4 Å². The van der Waals surface area contributed by atoms with E-state index in [1.165, 1.54) is 0 Å². The first kappa shape index (κ1) is 21.5. The third-order valence-corrected chi connectivity index (χ3v) is 3.76. The molecule has 0 amide bonds. The molecule has 1 aromatic rings. The summed E-state index contributed by atoms with van der Waals surface area (Å²) in [6, 6.07) is 5.53. The Kier molecular flexibility index (Phi) is 9.83. The van der Waals surface area contributed by atoms with Gasteiger partial charge in [-0.25, -0.2) is 4.79 Å². The van der Waals surface area contributed by atoms with Crippen molar-refractivity contribution in [1.82, 2.24) is 0 Å². The van der Waals surface area contributed by atoms with Crippen LogP contribution in [0.1, 0.15) is 42.6 Å². The molecular weight excluding hydrogens is 330 g/mol. The summed E-state index contributed by atoms with van der Waals surface area (Å²) in [7, 11) is 0. The molecule has 0 fully saturated rings. The number of hydrogen-bond donors (Lipinski definition) is 0. The summed E-state index contributed by atoms with van der Waals surface area (Å²) in [5.41, 5.74) is 2.50. The summed E-state index contributed by atoms with van der Waals surface area (Å²) in [5, 5.41) is 0. The number of benzene rings is 1. The van der Waals surface area contributed by atoms with Crippen LogP contribution < -0.4 is 4.90 Å². The van der Waals surface area contributed by atoms with Crippen molar-refractivity contribution in [1.29, 1.82) is 0 Å². The maximum absolute atomic E-state index is 12.1. The predicted molar refractivity (Wildman–Crippen MR) is 105 cm³/mol. The van der Waals surface area contributed by atoms with Crippen LogP contribution in [0.3, 0.4) is 0 Å². The highest BCUT2D eigenvalue weighted by molar-refractivity contribution is 5.90. The lowest BCUT2D eigenvalue weighted by molar-refractivity contribution is -0.143. The fraction of sp³-hybridized carbons (Fsp3) is 0.429. The molecule has 0 bridgehead atoms. The van der Waals surface area contributed by atoms with Crippen molar-refractivity contribution in [2.75, 3.05) is 31.2 Å². The molecule has 0 spiro atoms. The van der Waals surface area contributed by atoms with Crippen LogP contribution in [-0.4, -0.2) is 38.2 Å². The number of ether oxygens (including phenoxy) is 2. The number of esters is 2. The summed E-state index contributed by atoms with van der Waals surface area (Å²) in [4.78, 5) is 25.8. The van der Waals surface area contributed by atoms with Crippen LogP contribution in [0.2, 0.25) is 0 Å². The minimum atomic E-state index is -0.343. The average Bonchev–Trinajstić information content (AvgIpc) is 2.62. The molecular formula is C21H29NO4. The van der Waals surface area contributed by atoms with E-state index in [4.69, 9.17) is 9.47 Å². The van der Waals surface area contributed by atoms with Gasteiger partial charge in [-0.05, 0) is 50.5 Å². The van der Waals surface area contributed by atoms with Crippen molar-refractivity contribution in [2.45, 2.75) is 33.1 Å². The van der Waals surface area contributed by atoms with Crippen LogP contribution in [0.4, 0.5) is 5.69 Å². The second kappa shape index (κ2) is 11.9. The molecule has 0 aromatic heterocycles. The first-order valence-electron chi connectivity index (χ1n) is 8.99. The van der Waals surface area contributed by atoms with Crippen molar-refractivity contribution < 1.29 is 19.1 Å². The Morgan fingerprint density at radius 3 is 2.31 bits per heavy atom. The normalized spacial score (nSPS) is 10.1. The van der Waals surface area contributed by atoms with Gasteiger partial charge in [0.05, 0.1) is 18.8 Å². The number of anilines is 1. The highest BCUT2D eigenvalue weighted by Gasteiger charge is 2.14. The lowest BCUT2D eigenvalue weighted by atomic mass is 10.0. The van der Waals surface area contributed by atoms with E-state index in [1.54, 1.807) is 19.9 Å². The predicted octanol–water partition coefficient (Wildman–Crippen LogP) is 3.93. The Bertz CT molecular complexity index is 614. The van der Waals surface area contributed by atoms with Gasteiger partial charge in [0.2, 0.25) is 0 Å². The maximum Gasteiger partial charge on any atom is 0.338 e. The average molecular weight is 359 g/mol. The summed E-state index contributed by atoms with van der Waals surface area (Å²) in [6.07, 6.45) is 5.30. The zero-order chi connectivity index (χ0) is 19.4. The van der Waals surface area contributed by atoms with Gasteiger partial charge in [0.15, 0.2) is 0 Å². The van der Waals surface area contributed by atoms with Gasteiger partial charge in [-0.1, -0.05) is 12.2 Å². The van der Waals surface area contributed by atoms with Crippen LogP contribution in [0.15, 0.2) is 43.5 Å². The first-order chi connectivity index (χ1) is 12.6. The first-order valence-corrected chi connectivity index (χ1v) is 8.99. The monoisotopic (exact) mass is 359 g/mol. The fourth-order valence-electron chi connectivity index (χ4n) is 2.67. The Morgan fingerprint density at radius 1 is 1.08 bits per heavy atom. The smallest absolute Gasteiger partial charge is 0.338 e. The maximum atomic E-state index is 12.1. The molecule has 0 unspecified atom stereocenters. The second-order valence-corrected chi connectivity index (χ2v) is 5.70. The zero-order valence-electron chi connectivity index (χ0n) is 15.8. The van der Waals surface area contributed by atoms with Gasteiger partial charge in [0.1, 0.15) is 0 Å². The number of hydrogen-bond acceptors (Lipinski definition) is 5. The molecule has 0 aliphatic rings. The van der Waals surface area contributed by atoms with Gasteiger partial charge in [0.25, 0.3) is 0 Å². The van der Waals surface area contributed by atoms with Gasteiger partial charge >= 0.3 is 11.9 Å². The van der Waals surface area contributed by atoms with Crippen molar-refractivity contribution in [3.63, 3.8) is 0 Å². The molecule has 142 valence electrons. The van der Waals surface area contributed by atoms with Crippen LogP contribution in [0.25, 0.3) is 0 Å². The van der Waals surface area contributed by atoms with Crippen molar-refractivity contribution in [3.05, 3.63) is 54.6 Å². The van der Waals surface area contributed by atoms with Crippen LogP contribution in [0, 0.1) is 0 Å². The third-order valence-electron chi connectivity index (χ3n) is 3.76. The Hall–Kier alpha value is -2.56. The topological polar surface area (TPSA) is 55.8 Å². The van der Waals surface area contributed by atoms with E-state index >= 15 is 0 Å². The summed E-state index contributed by atoms with van der Waals surface area (Å²) >= 11 is 0. The van der Waals surface area contributed by atoms with Crippen LogP contribution >= 0.6 is 0 Å². The number of aryl methyl sites for hydroxylation is 1. The molecule has 1 rings (SSSR count). The zero-order valence-corrected chi connectivity index (χ0v) is 15.8. The van der Waals surface area contributed by atoms with E-state index in [9.17, 15) is 9.59 Å². The van der Waals surface area contributed by atoms with Gasteiger partial charge in [-0.3, -0.25) is 4.79 Å². The van der Waals surface area contributed by atoms with Crippen molar-refractivity contribution in [3.8, 4) is 0 Å². The SMILES string of the molecule is C=CCN(CC=C)c1ccc(C(=O)OCC)cc1CCCC(=O)OCC. The van der Waals surface area contributed by atoms with Crippen LogP contribution in [0.5, 0.6) is 0 Å². The lowest BCUT2D eigenvalue weighted by Crippen LogP contribution is -2.24. The number of rotatable bonds is 12. The molecule has 0 atom stereocenters. The molecule has 26 heavy (non-hydrogen) atoms. The molecule has 0 saturated heterocycles. The fourth-order valence-corrected chi connectivity index (χ4v) is 2.67. The van der Waals surface area contributed by atoms with Crippen LogP contribution in [-0.2, 0) is 20.7 Å². The largest absolute Gasteiger partial charge is 0.466 e. The van der Waals surface area contributed by atoms with E-state index in [0.29, 0.717) is 51.1 Å². The molecule has 0 radical (unpaired) electrons. The van der Waals surface area contributed by atoms with Crippen molar-refractivity contribution >= 4 is 17.6 Å². The van der Waals surface area contributed by atoms with E-state index in [0.717, 1.165) is 11.3 Å². The Balaban J connectivity index is 3.05. The summed E-state index contributed by atoms with van der Waals surface area (Å²) in [6.45, 7) is 13.2. The van der Waals surface area contributed by atoms with E-state index < -0.39 is 0 Å². The summed E-state index contributed by atoms with van der Waals surface area (Å²) in [5.74, 6) is -0.547. The van der Waals surface area contributed by atoms with E-state index in [1.807, 2.05) is 24.3 Å². The van der Waals surface area contributed by atoms with Gasteiger partial charge in [-0.15, -0.1) is 13.2 Å². The number of carbonyl (C=O) groups is 2. The Morgan fingerprint density at radius 2 is 1.73 bits per heavy atom. The second-order valence-electron chi connectivity index (χ2n) is 5.70. The quantitative estimate of drug-likeness (QED) is 0.418. The molecule has 5 heteroatoms. The minimum absolute atomic E-state index is 0.204. The highest BCUT2D eigenvalue weighted by Crippen LogP contribution is 2.25. The molecule has 5 nitrogen and oxygen atoms in total. The molecule has 0 aliphatic heterocycles. The molecule has 0 N–H and O–H groups in total. The molecule has 0 aliphatic carbocycles. The van der Waals surface area contributed by atoms with Gasteiger partial charge in [-0.2, -0.15) is 0 Å². The molecule has 1 aromatic carbocycles. The summed E-state index contributed by atoms with van der Waals surface area (Å²) < 4.78 is 10.1. The molecule has 0 saturated carbocycles. The lowest BCUT2D eigenvalue weighted by Gasteiger charge is -2.25. The molecule has 0 heterocycles. The minimum Gasteiger partial charge on any atom is -0.466 e. The van der Waals surface area contributed by atoms with E-state index in [-0.39, 0.29) is 11.9 Å². The number of carbonyl (C=O) groups excluding carboxylic acids is 2. The third kappa shape index (κ3) is 6.75.